The summed E-state index contributed by atoms with van der Waals surface area (Å²) in [5.41, 5.74) is 1.62. The number of aryl methyl sites for hydroxylation is 1. The van der Waals surface area contributed by atoms with Crippen LogP contribution in [0.25, 0.3) is 0 Å². The van der Waals surface area contributed by atoms with E-state index in [4.69, 9.17) is 9.47 Å². The number of hydrogen-bond donors (Lipinski definition) is 1. The van der Waals surface area contributed by atoms with Gasteiger partial charge in [0.05, 0.1) is 31.3 Å². The Morgan fingerprint density at radius 1 is 0.971 bits per heavy atom. The van der Waals surface area contributed by atoms with Crippen molar-refractivity contribution in [3.63, 3.8) is 0 Å². The highest BCUT2D eigenvalue weighted by molar-refractivity contribution is 7.94. The van der Waals surface area contributed by atoms with E-state index in [1.165, 1.54) is 26.4 Å². The Morgan fingerprint density at radius 3 is 2.35 bits per heavy atom. The van der Waals surface area contributed by atoms with E-state index in [1.54, 1.807) is 54.6 Å². The van der Waals surface area contributed by atoms with Gasteiger partial charge >= 0.3 is 6.03 Å². The van der Waals surface area contributed by atoms with Crippen LogP contribution < -0.4 is 24.0 Å². The quantitative estimate of drug-likeness (QED) is 0.574. The average Bonchev–Trinajstić information content (AvgIpc) is 2.83. The zero-order chi connectivity index (χ0) is 24.5. The number of nitrogens with zero attached hydrogens (tertiary/aromatic N) is 2. The maximum absolute atomic E-state index is 13.4. The number of carbonyl (C=O) groups excluding carboxylic acids is 2. The molecular formula is C24H23N3O6S. The van der Waals surface area contributed by atoms with E-state index < -0.39 is 28.5 Å². The number of carbonyl (C=O) groups is 2. The zero-order valence-electron chi connectivity index (χ0n) is 18.8. The van der Waals surface area contributed by atoms with Crippen molar-refractivity contribution in [2.45, 2.75) is 11.8 Å². The van der Waals surface area contributed by atoms with Crippen LogP contribution in [0.2, 0.25) is 0 Å². The van der Waals surface area contributed by atoms with Gasteiger partial charge in [-0.15, -0.1) is 0 Å². The first kappa shape index (κ1) is 23.1. The Bertz CT molecular complexity index is 1360. The van der Waals surface area contributed by atoms with Crippen LogP contribution in [0.3, 0.4) is 0 Å². The number of benzene rings is 3. The highest BCUT2D eigenvalue weighted by atomic mass is 32.2. The summed E-state index contributed by atoms with van der Waals surface area (Å²) >= 11 is 0. The first-order valence-corrected chi connectivity index (χ1v) is 11.7. The van der Waals surface area contributed by atoms with Crippen LogP contribution in [0.4, 0.5) is 21.9 Å². The highest BCUT2D eigenvalue weighted by Crippen LogP contribution is 2.37. The first-order chi connectivity index (χ1) is 16.3. The summed E-state index contributed by atoms with van der Waals surface area (Å²) in [4.78, 5) is 27.5. The monoisotopic (exact) mass is 481 g/mol. The Balaban J connectivity index is 1.69. The third-order valence-corrected chi connectivity index (χ3v) is 7.08. The van der Waals surface area contributed by atoms with E-state index in [-0.39, 0.29) is 16.3 Å². The van der Waals surface area contributed by atoms with Gasteiger partial charge in [-0.05, 0) is 43.3 Å². The van der Waals surface area contributed by atoms with Gasteiger partial charge in [0.2, 0.25) is 5.91 Å². The Kier molecular flexibility index (Phi) is 6.16. The van der Waals surface area contributed by atoms with Gasteiger partial charge in [0.25, 0.3) is 10.0 Å². The smallest absolute Gasteiger partial charge is 0.343 e. The lowest BCUT2D eigenvalue weighted by molar-refractivity contribution is -0.114. The summed E-state index contributed by atoms with van der Waals surface area (Å²) < 4.78 is 37.8. The van der Waals surface area contributed by atoms with Crippen LogP contribution in [-0.2, 0) is 14.8 Å². The number of sulfonamides is 1. The Morgan fingerprint density at radius 2 is 1.68 bits per heavy atom. The van der Waals surface area contributed by atoms with Gasteiger partial charge in [0, 0.05) is 6.07 Å². The van der Waals surface area contributed by atoms with Crippen molar-refractivity contribution >= 4 is 39.0 Å². The fourth-order valence-corrected chi connectivity index (χ4v) is 5.22. The molecule has 176 valence electrons. The normalized spacial score (nSPS) is 14.4. The minimum Gasteiger partial charge on any atom is -0.497 e. The van der Waals surface area contributed by atoms with Crippen molar-refractivity contribution < 1.29 is 27.5 Å². The number of methoxy groups -OCH3 is 2. The summed E-state index contributed by atoms with van der Waals surface area (Å²) in [5, 5.41) is 2.71. The molecule has 0 aliphatic carbocycles. The number of rotatable bonds is 6. The third kappa shape index (κ3) is 4.15. The van der Waals surface area contributed by atoms with Gasteiger partial charge in [-0.1, -0.05) is 29.8 Å². The number of fused-ring (bicyclic) bond motifs is 1. The third-order valence-electron chi connectivity index (χ3n) is 5.33. The van der Waals surface area contributed by atoms with Gasteiger partial charge in [0.15, 0.2) is 0 Å². The topological polar surface area (TPSA) is 105 Å². The standard InChI is InChI=1S/C24H23N3O6S/c1-16-8-10-17(11-9-16)27-24(29)26(20-6-4-5-7-22(20)34(27,30)31)15-23(28)25-19-13-12-18(32-2)14-21(19)33-3/h4-14H,15H2,1-3H3,(H,25,28). The number of amides is 3. The van der Waals surface area contributed by atoms with Crippen molar-refractivity contribution in [2.24, 2.45) is 0 Å². The summed E-state index contributed by atoms with van der Waals surface area (Å²) in [6, 6.07) is 16.7. The summed E-state index contributed by atoms with van der Waals surface area (Å²) in [6.45, 7) is 1.44. The SMILES string of the molecule is COc1ccc(NC(=O)CN2C(=O)N(c3ccc(C)cc3)S(=O)(=O)c3ccccc32)c(OC)c1. The molecule has 1 aliphatic rings. The molecule has 1 heterocycles. The molecule has 10 heteroatoms. The largest absolute Gasteiger partial charge is 0.497 e. The predicted octanol–water partition coefficient (Wildman–Crippen LogP) is 3.79. The van der Waals surface area contributed by atoms with Crippen molar-refractivity contribution in [2.75, 3.05) is 35.3 Å². The van der Waals surface area contributed by atoms with Crippen LogP contribution in [0.15, 0.2) is 71.6 Å². The lowest BCUT2D eigenvalue weighted by Crippen LogP contribution is -2.53. The van der Waals surface area contributed by atoms with E-state index in [2.05, 4.69) is 5.32 Å². The minimum absolute atomic E-state index is 0.0648. The van der Waals surface area contributed by atoms with Crippen molar-refractivity contribution in [3.05, 3.63) is 72.3 Å². The van der Waals surface area contributed by atoms with Gasteiger partial charge in [-0.2, -0.15) is 4.31 Å². The van der Waals surface area contributed by atoms with E-state index in [0.29, 0.717) is 17.2 Å². The second-order valence-electron chi connectivity index (χ2n) is 7.56. The van der Waals surface area contributed by atoms with E-state index >= 15 is 0 Å². The highest BCUT2D eigenvalue weighted by Gasteiger charge is 2.43. The minimum atomic E-state index is -4.17. The van der Waals surface area contributed by atoms with Gasteiger partial charge in [-0.25, -0.2) is 13.2 Å². The summed E-state index contributed by atoms with van der Waals surface area (Å²) in [7, 11) is -1.20. The number of urea groups is 1. The maximum atomic E-state index is 13.4. The second-order valence-corrected chi connectivity index (χ2v) is 9.31. The fraction of sp³-hybridized carbons (Fsp3) is 0.167. The molecule has 4 rings (SSSR count). The Labute approximate surface area is 197 Å². The predicted molar refractivity (Wildman–Crippen MR) is 128 cm³/mol. The molecule has 0 bridgehead atoms. The van der Waals surface area contributed by atoms with Crippen molar-refractivity contribution in [3.8, 4) is 11.5 Å². The van der Waals surface area contributed by atoms with Crippen LogP contribution in [0, 0.1) is 6.92 Å². The molecule has 0 saturated carbocycles. The Hall–Kier alpha value is -4.05. The molecule has 0 fully saturated rings. The van der Waals surface area contributed by atoms with E-state index in [1.807, 2.05) is 6.92 Å². The van der Waals surface area contributed by atoms with Crippen LogP contribution >= 0.6 is 0 Å². The molecule has 1 N–H and O–H groups in total. The van der Waals surface area contributed by atoms with Crippen molar-refractivity contribution in [1.82, 2.24) is 0 Å². The molecule has 0 atom stereocenters. The molecular weight excluding hydrogens is 458 g/mol. The molecule has 3 amide bonds. The number of ether oxygens (including phenoxy) is 2. The molecule has 9 nitrogen and oxygen atoms in total. The second kappa shape index (κ2) is 9.06. The molecule has 34 heavy (non-hydrogen) atoms. The maximum Gasteiger partial charge on any atom is 0.343 e. The summed E-state index contributed by atoms with van der Waals surface area (Å²) in [6.07, 6.45) is 0. The molecule has 0 aromatic heterocycles. The molecule has 0 saturated heterocycles. The molecule has 0 unspecified atom stereocenters. The lowest BCUT2D eigenvalue weighted by Gasteiger charge is -2.35. The average molecular weight is 482 g/mol. The lowest BCUT2D eigenvalue weighted by atomic mass is 10.2. The van der Waals surface area contributed by atoms with Gasteiger partial charge in [0.1, 0.15) is 22.9 Å². The number of hydrogen-bond acceptors (Lipinski definition) is 6. The van der Waals surface area contributed by atoms with Crippen LogP contribution in [0.1, 0.15) is 5.56 Å². The van der Waals surface area contributed by atoms with Crippen molar-refractivity contribution in [1.29, 1.82) is 0 Å². The zero-order valence-corrected chi connectivity index (χ0v) is 19.6. The van der Waals surface area contributed by atoms with Gasteiger partial charge < -0.3 is 14.8 Å². The molecule has 0 spiro atoms. The first-order valence-electron chi connectivity index (χ1n) is 10.3. The van der Waals surface area contributed by atoms with E-state index in [9.17, 15) is 18.0 Å². The van der Waals surface area contributed by atoms with E-state index in [0.717, 1.165) is 14.8 Å². The number of anilines is 3. The number of para-hydroxylation sites is 1. The molecule has 3 aromatic rings. The van der Waals surface area contributed by atoms with Gasteiger partial charge in [-0.3, -0.25) is 9.69 Å². The fourth-order valence-electron chi connectivity index (χ4n) is 3.63. The molecule has 1 aliphatic heterocycles. The summed E-state index contributed by atoms with van der Waals surface area (Å²) in [5.74, 6) is 0.394. The van der Waals surface area contributed by atoms with Crippen LogP contribution in [0.5, 0.6) is 11.5 Å². The molecule has 0 radical (unpaired) electrons. The molecule has 3 aromatic carbocycles. The van der Waals surface area contributed by atoms with Crippen LogP contribution in [-0.4, -0.2) is 41.1 Å². The number of nitrogens with one attached hydrogen (secondary N) is 1.